The maximum atomic E-state index is 12.3. The van der Waals surface area contributed by atoms with Gasteiger partial charge in [0, 0.05) is 12.6 Å². The SMILES string of the molecule is FC(F)(F)Oc1cccc(CN2CCC(NCC3CC3)CC2)c1. The second-order valence-electron chi connectivity index (χ2n) is 6.60. The fourth-order valence-electron chi connectivity index (χ4n) is 3.05. The minimum atomic E-state index is -4.63. The average Bonchev–Trinajstić information content (AvgIpc) is 3.29. The molecule has 128 valence electrons. The van der Waals surface area contributed by atoms with E-state index in [0.717, 1.165) is 44.0 Å². The number of benzene rings is 1. The molecule has 1 N–H and O–H groups in total. The van der Waals surface area contributed by atoms with Crippen LogP contribution in [0.4, 0.5) is 13.2 Å². The number of rotatable bonds is 6. The van der Waals surface area contributed by atoms with E-state index in [9.17, 15) is 13.2 Å². The first-order valence-corrected chi connectivity index (χ1v) is 8.28. The number of likely N-dealkylation sites (tertiary alicyclic amines) is 1. The lowest BCUT2D eigenvalue weighted by Crippen LogP contribution is -2.42. The molecule has 0 bridgehead atoms. The van der Waals surface area contributed by atoms with E-state index in [1.165, 1.54) is 25.0 Å². The van der Waals surface area contributed by atoms with Crippen LogP contribution in [-0.2, 0) is 6.54 Å². The zero-order valence-corrected chi connectivity index (χ0v) is 13.1. The van der Waals surface area contributed by atoms with Gasteiger partial charge in [-0.2, -0.15) is 0 Å². The molecule has 0 radical (unpaired) electrons. The fraction of sp³-hybridized carbons (Fsp3) is 0.647. The molecule has 1 saturated heterocycles. The third kappa shape index (κ3) is 5.70. The summed E-state index contributed by atoms with van der Waals surface area (Å²) in [6, 6.07) is 6.86. The van der Waals surface area contributed by atoms with Crippen molar-refractivity contribution in [2.45, 2.75) is 44.6 Å². The predicted molar refractivity (Wildman–Crippen MR) is 82.2 cm³/mol. The van der Waals surface area contributed by atoms with E-state index in [1.807, 2.05) is 6.07 Å². The van der Waals surface area contributed by atoms with Gasteiger partial charge in [0.25, 0.3) is 0 Å². The second kappa shape index (κ2) is 7.09. The first-order chi connectivity index (χ1) is 11.0. The van der Waals surface area contributed by atoms with Crippen LogP contribution in [0, 0.1) is 5.92 Å². The lowest BCUT2D eigenvalue weighted by molar-refractivity contribution is -0.274. The molecule has 1 aliphatic carbocycles. The van der Waals surface area contributed by atoms with Gasteiger partial charge in [-0.25, -0.2) is 0 Å². The number of alkyl halides is 3. The van der Waals surface area contributed by atoms with Crippen molar-refractivity contribution in [3.05, 3.63) is 29.8 Å². The van der Waals surface area contributed by atoms with Gasteiger partial charge in [-0.3, -0.25) is 4.90 Å². The Kier molecular flexibility index (Phi) is 5.11. The van der Waals surface area contributed by atoms with Crippen LogP contribution in [0.15, 0.2) is 24.3 Å². The molecule has 2 fully saturated rings. The van der Waals surface area contributed by atoms with E-state index >= 15 is 0 Å². The van der Waals surface area contributed by atoms with Gasteiger partial charge in [-0.1, -0.05) is 12.1 Å². The van der Waals surface area contributed by atoms with Gasteiger partial charge in [-0.15, -0.1) is 13.2 Å². The number of hydrogen-bond donors (Lipinski definition) is 1. The summed E-state index contributed by atoms with van der Waals surface area (Å²) in [4.78, 5) is 2.29. The molecule has 0 aromatic heterocycles. The number of piperidine rings is 1. The lowest BCUT2D eigenvalue weighted by Gasteiger charge is -2.32. The Morgan fingerprint density at radius 1 is 1.13 bits per heavy atom. The molecule has 6 heteroatoms. The van der Waals surface area contributed by atoms with E-state index in [0.29, 0.717) is 12.6 Å². The van der Waals surface area contributed by atoms with Crippen molar-refractivity contribution < 1.29 is 17.9 Å². The highest BCUT2D eigenvalue weighted by molar-refractivity contribution is 5.28. The van der Waals surface area contributed by atoms with E-state index in [4.69, 9.17) is 0 Å². The first kappa shape index (κ1) is 16.6. The highest BCUT2D eigenvalue weighted by atomic mass is 19.4. The van der Waals surface area contributed by atoms with E-state index < -0.39 is 6.36 Å². The number of nitrogens with zero attached hydrogens (tertiary/aromatic N) is 1. The third-order valence-corrected chi connectivity index (χ3v) is 4.52. The maximum absolute atomic E-state index is 12.3. The second-order valence-corrected chi connectivity index (χ2v) is 6.60. The fourth-order valence-corrected chi connectivity index (χ4v) is 3.05. The molecule has 1 aliphatic heterocycles. The van der Waals surface area contributed by atoms with Crippen LogP contribution in [0.5, 0.6) is 5.75 Å². The molecular formula is C17H23F3N2O. The summed E-state index contributed by atoms with van der Waals surface area (Å²) in [5, 5.41) is 3.63. The molecule has 0 unspecified atom stereocenters. The first-order valence-electron chi connectivity index (χ1n) is 8.28. The van der Waals surface area contributed by atoms with Gasteiger partial charge in [0.05, 0.1) is 0 Å². The van der Waals surface area contributed by atoms with Crippen LogP contribution in [0.1, 0.15) is 31.2 Å². The molecular weight excluding hydrogens is 305 g/mol. The summed E-state index contributed by atoms with van der Waals surface area (Å²) < 4.78 is 40.8. The zero-order valence-electron chi connectivity index (χ0n) is 13.1. The summed E-state index contributed by atoms with van der Waals surface area (Å²) in [6.07, 6.45) is 0.297. The molecule has 3 rings (SSSR count). The van der Waals surface area contributed by atoms with E-state index in [-0.39, 0.29) is 5.75 Å². The molecule has 3 nitrogen and oxygen atoms in total. The van der Waals surface area contributed by atoms with Crippen molar-refractivity contribution in [1.29, 1.82) is 0 Å². The highest BCUT2D eigenvalue weighted by Crippen LogP contribution is 2.28. The summed E-state index contributed by atoms with van der Waals surface area (Å²) in [5.74, 6) is 0.750. The maximum Gasteiger partial charge on any atom is 0.573 e. The normalized spacial score (nSPS) is 20.7. The van der Waals surface area contributed by atoms with Crippen LogP contribution in [0.3, 0.4) is 0 Å². The molecule has 23 heavy (non-hydrogen) atoms. The summed E-state index contributed by atoms with van der Waals surface area (Å²) in [7, 11) is 0. The highest BCUT2D eigenvalue weighted by Gasteiger charge is 2.31. The number of halogens is 3. The summed E-state index contributed by atoms with van der Waals surface area (Å²) in [6.45, 7) is 3.77. The molecule has 2 aliphatic rings. The largest absolute Gasteiger partial charge is 0.573 e. The lowest BCUT2D eigenvalue weighted by atomic mass is 10.0. The van der Waals surface area contributed by atoms with Crippen molar-refractivity contribution in [3.63, 3.8) is 0 Å². The van der Waals surface area contributed by atoms with Gasteiger partial charge in [-0.05, 0) is 68.9 Å². The average molecular weight is 328 g/mol. The van der Waals surface area contributed by atoms with Gasteiger partial charge in [0.1, 0.15) is 5.75 Å². The van der Waals surface area contributed by atoms with E-state index in [1.54, 1.807) is 6.07 Å². The number of hydrogen-bond acceptors (Lipinski definition) is 3. The van der Waals surface area contributed by atoms with Gasteiger partial charge < -0.3 is 10.1 Å². The van der Waals surface area contributed by atoms with Crippen molar-refractivity contribution in [2.24, 2.45) is 5.92 Å². The minimum Gasteiger partial charge on any atom is -0.406 e. The van der Waals surface area contributed by atoms with Crippen molar-refractivity contribution in [1.82, 2.24) is 10.2 Å². The standard InChI is InChI=1S/C17H23F3N2O/c18-17(19,20)23-16-3-1-2-14(10-16)12-22-8-6-15(7-9-22)21-11-13-4-5-13/h1-3,10,13,15,21H,4-9,11-12H2. The smallest absolute Gasteiger partial charge is 0.406 e. The molecule has 1 aromatic rings. The molecule has 1 heterocycles. The Morgan fingerprint density at radius 2 is 1.87 bits per heavy atom. The van der Waals surface area contributed by atoms with Crippen LogP contribution < -0.4 is 10.1 Å². The monoisotopic (exact) mass is 328 g/mol. The molecule has 1 saturated carbocycles. The van der Waals surface area contributed by atoms with Gasteiger partial charge in [0.2, 0.25) is 0 Å². The molecule has 1 aromatic carbocycles. The van der Waals surface area contributed by atoms with Crippen LogP contribution in [0.25, 0.3) is 0 Å². The quantitative estimate of drug-likeness (QED) is 0.864. The Balaban J connectivity index is 1.45. The van der Waals surface area contributed by atoms with Crippen molar-refractivity contribution in [3.8, 4) is 5.75 Å². The minimum absolute atomic E-state index is 0.143. The number of nitrogens with one attached hydrogen (secondary N) is 1. The Bertz CT molecular complexity index is 509. The molecule has 0 atom stereocenters. The zero-order chi connectivity index (χ0) is 16.3. The Labute approximate surface area is 134 Å². The van der Waals surface area contributed by atoms with E-state index in [2.05, 4.69) is 15.0 Å². The summed E-state index contributed by atoms with van der Waals surface area (Å²) in [5.41, 5.74) is 0.858. The van der Waals surface area contributed by atoms with Gasteiger partial charge >= 0.3 is 6.36 Å². The Hall–Kier alpha value is -1.27. The van der Waals surface area contributed by atoms with Crippen LogP contribution in [0.2, 0.25) is 0 Å². The Morgan fingerprint density at radius 3 is 2.52 bits per heavy atom. The van der Waals surface area contributed by atoms with Crippen molar-refractivity contribution in [2.75, 3.05) is 19.6 Å². The van der Waals surface area contributed by atoms with Gasteiger partial charge in [0.15, 0.2) is 0 Å². The summed E-state index contributed by atoms with van der Waals surface area (Å²) >= 11 is 0. The molecule has 0 amide bonds. The molecule has 0 spiro atoms. The topological polar surface area (TPSA) is 24.5 Å². The number of ether oxygens (including phenoxy) is 1. The third-order valence-electron chi connectivity index (χ3n) is 4.52. The van der Waals surface area contributed by atoms with Crippen LogP contribution in [-0.4, -0.2) is 36.9 Å². The van der Waals surface area contributed by atoms with Crippen molar-refractivity contribution >= 4 is 0 Å². The van der Waals surface area contributed by atoms with Crippen LogP contribution >= 0.6 is 0 Å². The predicted octanol–water partition coefficient (Wildman–Crippen LogP) is 3.55.